The van der Waals surface area contributed by atoms with E-state index in [1.54, 1.807) is 48.5 Å². The summed E-state index contributed by atoms with van der Waals surface area (Å²) in [5.41, 5.74) is 6.33. The summed E-state index contributed by atoms with van der Waals surface area (Å²) in [6.07, 6.45) is 1.53. The molecule has 1 heterocycles. The third kappa shape index (κ3) is 5.94. The molecule has 8 heteroatoms. The highest BCUT2D eigenvalue weighted by molar-refractivity contribution is 6.30. The highest BCUT2D eigenvalue weighted by atomic mass is 35.5. The number of aromatic nitrogens is 1. The Labute approximate surface area is 177 Å². The van der Waals surface area contributed by atoms with Crippen LogP contribution in [0, 0.1) is 0 Å². The van der Waals surface area contributed by atoms with Crippen molar-refractivity contribution in [3.05, 3.63) is 104 Å². The quantitative estimate of drug-likeness (QED) is 0.611. The highest BCUT2D eigenvalue weighted by Crippen LogP contribution is 2.11. The molecule has 0 aliphatic carbocycles. The number of hydrogen-bond donors (Lipinski definition) is 2. The second-order valence-electron chi connectivity index (χ2n) is 6.32. The standard InChI is InChI=1S/C21H17Cl2N3O3/c22-17-6-1-14(2-7-17)11-19(27)24-25-21(29)16-5-10-20(28)26(13-16)12-15-3-8-18(23)9-4-15/h1-10,13H,11-12H2,(H,24,27)(H,25,29). The minimum absolute atomic E-state index is 0.0908. The molecule has 0 aliphatic heterocycles. The zero-order valence-electron chi connectivity index (χ0n) is 15.2. The fourth-order valence-electron chi connectivity index (χ4n) is 2.61. The molecule has 2 amide bonds. The van der Waals surface area contributed by atoms with Crippen LogP contribution in [-0.2, 0) is 17.8 Å². The second kappa shape index (κ2) is 9.41. The molecule has 0 aliphatic rings. The summed E-state index contributed by atoms with van der Waals surface area (Å²) in [7, 11) is 0. The molecule has 0 fully saturated rings. The fraction of sp³-hybridized carbons (Fsp3) is 0.0952. The Kier molecular flexibility index (Phi) is 6.69. The first-order chi connectivity index (χ1) is 13.9. The van der Waals surface area contributed by atoms with Gasteiger partial charge >= 0.3 is 0 Å². The van der Waals surface area contributed by atoms with Gasteiger partial charge in [-0.15, -0.1) is 0 Å². The van der Waals surface area contributed by atoms with Crippen LogP contribution in [0.15, 0.2) is 71.7 Å². The number of benzene rings is 2. The van der Waals surface area contributed by atoms with E-state index >= 15 is 0 Å². The van der Waals surface area contributed by atoms with Gasteiger partial charge in [0.1, 0.15) is 0 Å². The van der Waals surface area contributed by atoms with Crippen molar-refractivity contribution in [3.63, 3.8) is 0 Å². The van der Waals surface area contributed by atoms with Gasteiger partial charge in [-0.25, -0.2) is 0 Å². The summed E-state index contributed by atoms with van der Waals surface area (Å²) in [4.78, 5) is 36.4. The maximum Gasteiger partial charge on any atom is 0.271 e. The lowest BCUT2D eigenvalue weighted by Crippen LogP contribution is -2.42. The van der Waals surface area contributed by atoms with Gasteiger partial charge in [0.15, 0.2) is 0 Å². The Bertz CT molecular complexity index is 1080. The van der Waals surface area contributed by atoms with Crippen molar-refractivity contribution in [2.45, 2.75) is 13.0 Å². The van der Waals surface area contributed by atoms with Gasteiger partial charge in [-0.2, -0.15) is 0 Å². The molecule has 0 radical (unpaired) electrons. The molecule has 0 bridgehead atoms. The maximum atomic E-state index is 12.3. The Morgan fingerprint density at radius 1 is 0.793 bits per heavy atom. The number of carbonyl (C=O) groups excluding carboxylic acids is 2. The van der Waals surface area contributed by atoms with E-state index in [1.165, 1.54) is 22.9 Å². The maximum absolute atomic E-state index is 12.3. The predicted molar refractivity (Wildman–Crippen MR) is 112 cm³/mol. The Balaban J connectivity index is 1.61. The number of amides is 2. The molecule has 0 unspecified atom stereocenters. The Morgan fingerprint density at radius 3 is 2.00 bits per heavy atom. The summed E-state index contributed by atoms with van der Waals surface area (Å²) in [6.45, 7) is 0.292. The molecule has 0 atom stereocenters. The van der Waals surface area contributed by atoms with Crippen molar-refractivity contribution in [1.29, 1.82) is 0 Å². The van der Waals surface area contributed by atoms with E-state index in [9.17, 15) is 14.4 Å². The van der Waals surface area contributed by atoms with Crippen molar-refractivity contribution in [3.8, 4) is 0 Å². The van der Waals surface area contributed by atoms with Gasteiger partial charge < -0.3 is 4.57 Å². The number of hydrogen-bond acceptors (Lipinski definition) is 3. The fourth-order valence-corrected chi connectivity index (χ4v) is 2.86. The topological polar surface area (TPSA) is 80.2 Å². The van der Waals surface area contributed by atoms with Gasteiger partial charge in [-0.1, -0.05) is 47.5 Å². The van der Waals surface area contributed by atoms with E-state index in [4.69, 9.17) is 23.2 Å². The number of rotatable bonds is 5. The Morgan fingerprint density at radius 2 is 1.38 bits per heavy atom. The summed E-state index contributed by atoms with van der Waals surface area (Å²) >= 11 is 11.7. The average molecular weight is 430 g/mol. The number of hydrazine groups is 1. The lowest BCUT2D eigenvalue weighted by atomic mass is 10.1. The zero-order valence-corrected chi connectivity index (χ0v) is 16.7. The largest absolute Gasteiger partial charge is 0.310 e. The van der Waals surface area contributed by atoms with Gasteiger partial charge in [-0.3, -0.25) is 25.2 Å². The summed E-state index contributed by atoms with van der Waals surface area (Å²) in [6, 6.07) is 16.6. The zero-order chi connectivity index (χ0) is 20.8. The first kappa shape index (κ1) is 20.6. The van der Waals surface area contributed by atoms with Crippen LogP contribution in [0.3, 0.4) is 0 Å². The van der Waals surface area contributed by atoms with Crippen LogP contribution in [0.5, 0.6) is 0 Å². The summed E-state index contributed by atoms with van der Waals surface area (Å²) in [5.74, 6) is -0.908. The molecule has 0 spiro atoms. The van der Waals surface area contributed by atoms with E-state index < -0.39 is 5.91 Å². The van der Waals surface area contributed by atoms with Gasteiger partial charge in [-0.05, 0) is 41.5 Å². The molecule has 2 aromatic carbocycles. The highest BCUT2D eigenvalue weighted by Gasteiger charge is 2.10. The molecular weight excluding hydrogens is 413 g/mol. The first-order valence-corrected chi connectivity index (χ1v) is 9.45. The molecule has 0 saturated carbocycles. The van der Waals surface area contributed by atoms with Crippen molar-refractivity contribution >= 4 is 35.0 Å². The van der Waals surface area contributed by atoms with Crippen molar-refractivity contribution < 1.29 is 9.59 Å². The van der Waals surface area contributed by atoms with Gasteiger partial charge in [0.05, 0.1) is 18.5 Å². The number of nitrogens with one attached hydrogen (secondary N) is 2. The van der Waals surface area contributed by atoms with Crippen LogP contribution in [0.2, 0.25) is 10.0 Å². The van der Waals surface area contributed by atoms with E-state index in [2.05, 4.69) is 10.9 Å². The van der Waals surface area contributed by atoms with Crippen molar-refractivity contribution in [1.82, 2.24) is 15.4 Å². The molecule has 6 nitrogen and oxygen atoms in total. The van der Waals surface area contributed by atoms with Gasteiger partial charge in [0.25, 0.3) is 11.5 Å². The van der Waals surface area contributed by atoms with Crippen LogP contribution in [0.4, 0.5) is 0 Å². The number of nitrogens with zero attached hydrogens (tertiary/aromatic N) is 1. The van der Waals surface area contributed by atoms with E-state index in [-0.39, 0.29) is 23.5 Å². The SMILES string of the molecule is O=C(Cc1ccc(Cl)cc1)NNC(=O)c1ccc(=O)n(Cc2ccc(Cl)cc2)c1. The monoisotopic (exact) mass is 429 g/mol. The van der Waals surface area contributed by atoms with E-state index in [1.807, 2.05) is 0 Å². The number of carbonyl (C=O) groups is 2. The van der Waals surface area contributed by atoms with Gasteiger partial charge in [0.2, 0.25) is 5.91 Å². The van der Waals surface area contributed by atoms with Crippen LogP contribution < -0.4 is 16.4 Å². The van der Waals surface area contributed by atoms with Crippen LogP contribution in [-0.4, -0.2) is 16.4 Å². The first-order valence-electron chi connectivity index (χ1n) is 8.69. The lowest BCUT2D eigenvalue weighted by Gasteiger charge is -2.10. The summed E-state index contributed by atoms with van der Waals surface area (Å²) < 4.78 is 1.41. The van der Waals surface area contributed by atoms with Crippen LogP contribution >= 0.6 is 23.2 Å². The molecule has 2 N–H and O–H groups in total. The molecule has 0 saturated heterocycles. The molecular formula is C21H17Cl2N3O3. The molecule has 1 aromatic heterocycles. The van der Waals surface area contributed by atoms with Gasteiger partial charge in [0, 0.05) is 22.3 Å². The Hall–Kier alpha value is -3.09. The average Bonchev–Trinajstić information content (AvgIpc) is 2.71. The van der Waals surface area contributed by atoms with E-state index in [0.717, 1.165) is 11.1 Å². The number of halogens is 2. The molecule has 29 heavy (non-hydrogen) atoms. The predicted octanol–water partition coefficient (Wildman–Crippen LogP) is 3.21. The normalized spacial score (nSPS) is 10.4. The minimum Gasteiger partial charge on any atom is -0.310 e. The van der Waals surface area contributed by atoms with Crippen LogP contribution in [0.25, 0.3) is 0 Å². The smallest absolute Gasteiger partial charge is 0.271 e. The third-order valence-electron chi connectivity index (χ3n) is 4.11. The molecule has 148 valence electrons. The third-order valence-corrected chi connectivity index (χ3v) is 4.61. The van der Waals surface area contributed by atoms with E-state index in [0.29, 0.717) is 16.6 Å². The molecule has 3 aromatic rings. The lowest BCUT2D eigenvalue weighted by molar-refractivity contribution is -0.121. The molecule has 3 rings (SSSR count). The summed E-state index contributed by atoms with van der Waals surface area (Å²) in [5, 5.41) is 1.18. The second-order valence-corrected chi connectivity index (χ2v) is 7.19. The van der Waals surface area contributed by atoms with Crippen molar-refractivity contribution in [2.75, 3.05) is 0 Å². The van der Waals surface area contributed by atoms with Crippen LogP contribution in [0.1, 0.15) is 21.5 Å². The number of pyridine rings is 1. The minimum atomic E-state index is -0.528. The van der Waals surface area contributed by atoms with Crippen molar-refractivity contribution in [2.24, 2.45) is 0 Å².